The van der Waals surface area contributed by atoms with E-state index in [0.29, 0.717) is 18.2 Å². The predicted molar refractivity (Wildman–Crippen MR) is 138 cm³/mol. The van der Waals surface area contributed by atoms with Crippen molar-refractivity contribution in [3.63, 3.8) is 0 Å². The standard InChI is InChI=1S/C28H25ClNO2P/c29-22-17-18-27(26(21-22)28-31-19-10-20-32-28)30-33(23-11-4-1-5-12-23,24-13-6-2-7-14-24)25-15-8-3-9-16-25/h1-9,11-18,21,28H,10,19-20H2. The van der Waals surface area contributed by atoms with Crippen LogP contribution in [0, 0.1) is 0 Å². The summed E-state index contributed by atoms with van der Waals surface area (Å²) < 4.78 is 17.5. The first-order valence-corrected chi connectivity index (χ1v) is 13.2. The molecule has 0 radical (unpaired) electrons. The Balaban J connectivity index is 1.85. The van der Waals surface area contributed by atoms with E-state index in [4.69, 9.17) is 25.8 Å². The molecule has 1 aliphatic rings. The van der Waals surface area contributed by atoms with Gasteiger partial charge in [-0.05, 0) is 24.6 Å². The van der Waals surface area contributed by atoms with Crippen LogP contribution in [-0.4, -0.2) is 13.2 Å². The normalized spacial score (nSPS) is 14.7. The van der Waals surface area contributed by atoms with E-state index < -0.39 is 13.3 Å². The summed E-state index contributed by atoms with van der Waals surface area (Å²) in [7, 11) is -2.40. The smallest absolute Gasteiger partial charge is 0.185 e. The summed E-state index contributed by atoms with van der Waals surface area (Å²) in [6.07, 6.45) is 0.416. The fourth-order valence-electron chi connectivity index (χ4n) is 4.19. The van der Waals surface area contributed by atoms with E-state index in [-0.39, 0.29) is 0 Å². The molecule has 1 fully saturated rings. The molecule has 1 heterocycles. The van der Waals surface area contributed by atoms with Crippen LogP contribution in [0.1, 0.15) is 18.3 Å². The molecule has 0 aromatic heterocycles. The molecule has 0 N–H and O–H groups in total. The third-order valence-electron chi connectivity index (χ3n) is 5.72. The molecule has 0 unspecified atom stereocenters. The third-order valence-corrected chi connectivity index (χ3v) is 9.60. The topological polar surface area (TPSA) is 30.8 Å². The van der Waals surface area contributed by atoms with Crippen molar-refractivity contribution in [3.05, 3.63) is 120 Å². The molecular formula is C28H25ClNO2P. The molecule has 33 heavy (non-hydrogen) atoms. The van der Waals surface area contributed by atoms with E-state index in [1.54, 1.807) is 0 Å². The third kappa shape index (κ3) is 4.55. The lowest BCUT2D eigenvalue weighted by Crippen LogP contribution is -2.25. The zero-order chi connectivity index (χ0) is 22.5. The van der Waals surface area contributed by atoms with Crippen LogP contribution in [0.25, 0.3) is 0 Å². The molecule has 0 spiro atoms. The number of hydrogen-bond donors (Lipinski definition) is 0. The summed E-state index contributed by atoms with van der Waals surface area (Å²) in [5, 5.41) is 4.21. The van der Waals surface area contributed by atoms with Gasteiger partial charge < -0.3 is 9.47 Å². The summed E-state index contributed by atoms with van der Waals surface area (Å²) in [5.74, 6) is 0. The van der Waals surface area contributed by atoms with Gasteiger partial charge in [0.15, 0.2) is 6.29 Å². The average molecular weight is 474 g/mol. The first kappa shape index (κ1) is 22.1. The molecule has 0 aliphatic carbocycles. The summed E-state index contributed by atoms with van der Waals surface area (Å²) in [4.78, 5) is 0. The van der Waals surface area contributed by atoms with Gasteiger partial charge in [0.1, 0.15) is 0 Å². The summed E-state index contributed by atoms with van der Waals surface area (Å²) in [5.41, 5.74) is 1.71. The van der Waals surface area contributed by atoms with Crippen molar-refractivity contribution in [3.8, 4) is 0 Å². The van der Waals surface area contributed by atoms with E-state index >= 15 is 0 Å². The molecular weight excluding hydrogens is 449 g/mol. The van der Waals surface area contributed by atoms with E-state index in [1.165, 1.54) is 15.9 Å². The lowest BCUT2D eigenvalue weighted by atomic mass is 10.1. The Hall–Kier alpha value is -2.68. The average Bonchev–Trinajstić information content (AvgIpc) is 2.90. The maximum absolute atomic E-state index is 6.41. The number of rotatable bonds is 5. The second kappa shape index (κ2) is 10.1. The molecule has 0 amide bonds. The van der Waals surface area contributed by atoms with Crippen molar-refractivity contribution in [1.82, 2.24) is 0 Å². The summed E-state index contributed by atoms with van der Waals surface area (Å²) in [6, 6.07) is 37.5. The minimum absolute atomic E-state index is 0.472. The van der Waals surface area contributed by atoms with Crippen molar-refractivity contribution >= 4 is 40.3 Å². The first-order valence-electron chi connectivity index (χ1n) is 11.1. The SMILES string of the molecule is Clc1ccc(N=P(c2ccccc2)(c2ccccc2)c2ccccc2)c(C2OCCCO2)c1. The van der Waals surface area contributed by atoms with Gasteiger partial charge in [0.05, 0.1) is 26.0 Å². The molecule has 0 saturated carbocycles. The Kier molecular flexibility index (Phi) is 6.75. The van der Waals surface area contributed by atoms with E-state index in [2.05, 4.69) is 72.8 Å². The van der Waals surface area contributed by atoms with Crippen molar-refractivity contribution in [2.45, 2.75) is 12.7 Å². The Bertz CT molecular complexity index is 1150. The van der Waals surface area contributed by atoms with Gasteiger partial charge in [0.2, 0.25) is 0 Å². The minimum atomic E-state index is -2.40. The van der Waals surface area contributed by atoms with Gasteiger partial charge >= 0.3 is 0 Å². The van der Waals surface area contributed by atoms with E-state index in [1.807, 2.05) is 36.4 Å². The molecule has 0 bridgehead atoms. The number of ether oxygens (including phenoxy) is 2. The number of halogens is 1. The lowest BCUT2D eigenvalue weighted by Gasteiger charge is -2.29. The molecule has 4 aromatic rings. The number of hydrogen-bond acceptors (Lipinski definition) is 3. The lowest BCUT2D eigenvalue weighted by molar-refractivity contribution is -0.182. The quantitative estimate of drug-likeness (QED) is 0.306. The van der Waals surface area contributed by atoms with Crippen LogP contribution in [0.15, 0.2) is 114 Å². The highest BCUT2D eigenvalue weighted by Crippen LogP contribution is 2.50. The van der Waals surface area contributed by atoms with Crippen LogP contribution in [0.2, 0.25) is 5.02 Å². The van der Waals surface area contributed by atoms with Gasteiger partial charge in [-0.25, -0.2) is 0 Å². The van der Waals surface area contributed by atoms with Crippen molar-refractivity contribution < 1.29 is 9.47 Å². The molecule has 4 aromatic carbocycles. The molecule has 5 rings (SSSR count). The molecule has 3 nitrogen and oxygen atoms in total. The Morgan fingerprint density at radius 1 is 0.667 bits per heavy atom. The highest BCUT2D eigenvalue weighted by Gasteiger charge is 2.29. The fourth-order valence-corrected chi connectivity index (χ4v) is 7.92. The van der Waals surface area contributed by atoms with Crippen LogP contribution in [0.4, 0.5) is 5.69 Å². The number of nitrogens with zero attached hydrogens (tertiary/aromatic N) is 1. The van der Waals surface area contributed by atoms with Crippen LogP contribution < -0.4 is 15.9 Å². The van der Waals surface area contributed by atoms with Crippen LogP contribution in [0.5, 0.6) is 0 Å². The second-order valence-corrected chi connectivity index (χ2v) is 11.3. The van der Waals surface area contributed by atoms with Crippen LogP contribution >= 0.6 is 18.7 Å². The van der Waals surface area contributed by atoms with E-state index in [9.17, 15) is 0 Å². The second-order valence-electron chi connectivity index (χ2n) is 7.87. The zero-order valence-corrected chi connectivity index (χ0v) is 19.8. The van der Waals surface area contributed by atoms with Crippen molar-refractivity contribution in [2.75, 3.05) is 13.2 Å². The zero-order valence-electron chi connectivity index (χ0n) is 18.2. The van der Waals surface area contributed by atoms with Crippen molar-refractivity contribution in [2.24, 2.45) is 4.74 Å². The fraction of sp³-hybridized carbons (Fsp3) is 0.143. The summed E-state index contributed by atoms with van der Waals surface area (Å²) >= 11 is 6.41. The largest absolute Gasteiger partial charge is 0.348 e. The van der Waals surface area contributed by atoms with Gasteiger partial charge in [-0.15, -0.1) is 0 Å². The van der Waals surface area contributed by atoms with Gasteiger partial charge in [-0.1, -0.05) is 103 Å². The van der Waals surface area contributed by atoms with Crippen molar-refractivity contribution in [1.29, 1.82) is 0 Å². The van der Waals surface area contributed by atoms with Gasteiger partial charge in [0, 0.05) is 26.5 Å². The Labute approximate surface area is 200 Å². The molecule has 5 heteroatoms. The van der Waals surface area contributed by atoms with E-state index in [0.717, 1.165) is 17.7 Å². The molecule has 1 saturated heterocycles. The number of benzene rings is 4. The monoisotopic (exact) mass is 473 g/mol. The first-order chi connectivity index (χ1) is 16.3. The van der Waals surface area contributed by atoms with Crippen LogP contribution in [-0.2, 0) is 9.47 Å². The van der Waals surface area contributed by atoms with Gasteiger partial charge in [-0.3, -0.25) is 4.74 Å². The van der Waals surface area contributed by atoms with Gasteiger partial charge in [-0.2, -0.15) is 0 Å². The molecule has 166 valence electrons. The van der Waals surface area contributed by atoms with Gasteiger partial charge in [0.25, 0.3) is 0 Å². The summed E-state index contributed by atoms with van der Waals surface area (Å²) in [6.45, 7) is 1.32. The maximum atomic E-state index is 6.41. The highest BCUT2D eigenvalue weighted by molar-refractivity contribution is 7.87. The molecule has 0 atom stereocenters. The minimum Gasteiger partial charge on any atom is -0.348 e. The maximum Gasteiger partial charge on any atom is 0.185 e. The molecule has 1 aliphatic heterocycles. The predicted octanol–water partition coefficient (Wildman–Crippen LogP) is 6.58. The van der Waals surface area contributed by atoms with Crippen LogP contribution in [0.3, 0.4) is 0 Å². The Morgan fingerprint density at radius 2 is 1.15 bits per heavy atom. The Morgan fingerprint density at radius 3 is 1.64 bits per heavy atom. The highest BCUT2D eigenvalue weighted by atomic mass is 35.5.